The SMILES string of the molecule is CC(C)(C)CC(C)(C)c1ccc(Cc2ccc3ccccc3c2)cc1.CCCCCCCCCc1ccc(Cc2ccc(CCCCCCCCC)cc2)cc1.CCCCCCCCc1ccc(Cc2ccc(CCCCCCCC)cc2)cc1. The summed E-state index contributed by atoms with van der Waals surface area (Å²) >= 11 is 0. The Morgan fingerprint density at radius 1 is 0.235 bits per heavy atom. The molecule has 0 N–H and O–H groups in total. The molecule has 0 aliphatic carbocycles. The molecule has 7 rings (SSSR count). The molecule has 0 aliphatic heterocycles. The molecule has 0 spiro atoms. The van der Waals surface area contributed by atoms with Crippen LogP contribution in [0, 0.1) is 5.41 Å². The second-order valence-corrected chi connectivity index (χ2v) is 27.6. The van der Waals surface area contributed by atoms with E-state index in [1.807, 2.05) is 0 Å². The van der Waals surface area contributed by atoms with E-state index in [9.17, 15) is 0 Å². The molecule has 7 aromatic rings. The van der Waals surface area contributed by atoms with Gasteiger partial charge in [0.1, 0.15) is 0 Å². The molecule has 0 heterocycles. The van der Waals surface area contributed by atoms with E-state index in [0.717, 1.165) is 19.3 Å². The van der Waals surface area contributed by atoms with Crippen LogP contribution in [-0.2, 0) is 50.4 Å². The fourth-order valence-electron chi connectivity index (χ4n) is 12.6. The number of fused-ring (bicyclic) bond motifs is 1. The second kappa shape index (κ2) is 41.8. The number of aryl methyl sites for hydroxylation is 4. The fourth-order valence-corrected chi connectivity index (χ4v) is 12.6. The van der Waals surface area contributed by atoms with E-state index in [1.54, 1.807) is 0 Å². The maximum Gasteiger partial charge on any atom is -0.00255 e. The zero-order valence-corrected chi connectivity index (χ0v) is 56.1. The third-order valence-corrected chi connectivity index (χ3v) is 17.6. The second-order valence-electron chi connectivity index (χ2n) is 27.6. The molecule has 0 saturated heterocycles. The highest BCUT2D eigenvalue weighted by molar-refractivity contribution is 5.83. The summed E-state index contributed by atoms with van der Waals surface area (Å²) in [4.78, 5) is 0. The van der Waals surface area contributed by atoms with E-state index in [-0.39, 0.29) is 5.41 Å². The summed E-state index contributed by atoms with van der Waals surface area (Å²) in [7, 11) is 0. The van der Waals surface area contributed by atoms with Crippen molar-refractivity contribution >= 4 is 10.8 Å². The summed E-state index contributed by atoms with van der Waals surface area (Å²) in [6, 6.07) is 62.0. The lowest BCUT2D eigenvalue weighted by atomic mass is 9.72. The Kier molecular flexibility index (Phi) is 34.7. The Bertz CT molecular complexity index is 2610. The molecule has 0 atom stereocenters. The highest BCUT2D eigenvalue weighted by atomic mass is 14.3. The molecule has 0 aromatic heterocycles. The lowest BCUT2D eigenvalue weighted by molar-refractivity contribution is 0.284. The van der Waals surface area contributed by atoms with Gasteiger partial charge in [0.05, 0.1) is 0 Å². The van der Waals surface area contributed by atoms with Crippen LogP contribution in [0.25, 0.3) is 10.8 Å². The first-order valence-corrected chi connectivity index (χ1v) is 35.2. The monoisotopic (exact) mass is 1140 g/mol. The minimum absolute atomic E-state index is 0.208. The van der Waals surface area contributed by atoms with Crippen LogP contribution in [0.3, 0.4) is 0 Å². The largest absolute Gasteiger partial charge is 0.0654 e. The highest BCUT2D eigenvalue weighted by Gasteiger charge is 2.27. The summed E-state index contributed by atoms with van der Waals surface area (Å²) in [6.45, 7) is 20.8. The number of benzene rings is 7. The molecule has 0 unspecified atom stereocenters. The van der Waals surface area contributed by atoms with Gasteiger partial charge in [-0.3, -0.25) is 0 Å². The standard InChI is InChI=1S/C31H48.C29H44.C25H30/c1-3-5-7-9-11-13-15-17-28-19-23-30(24-20-28)27-31-25-21-29(22-26-31)18-16-14-12-10-8-6-4-2;1-3-5-7-9-11-13-15-26-17-21-28(22-18-26)25-29-23-19-27(20-24-29)16-14-12-10-8-6-4-2;1-24(2,3)18-25(4,5)23-14-11-19(12-15-23)16-20-10-13-21-8-6-7-9-22(21)17-20/h19-26H,3-18,27H2,1-2H3;17-24H,3-16,25H2,1-2H3;6-15,17H,16,18H2,1-5H3. The van der Waals surface area contributed by atoms with Gasteiger partial charge in [-0.1, -0.05) is 367 Å². The minimum Gasteiger partial charge on any atom is -0.0654 e. The van der Waals surface area contributed by atoms with Gasteiger partial charge in [-0.25, -0.2) is 0 Å². The van der Waals surface area contributed by atoms with Crippen LogP contribution in [0.1, 0.15) is 297 Å². The molecule has 462 valence electrons. The van der Waals surface area contributed by atoms with E-state index < -0.39 is 0 Å². The van der Waals surface area contributed by atoms with Crippen molar-refractivity contribution in [2.24, 2.45) is 5.41 Å². The maximum atomic E-state index is 2.36. The Morgan fingerprint density at radius 3 is 0.788 bits per heavy atom. The van der Waals surface area contributed by atoms with E-state index in [1.165, 1.54) is 271 Å². The van der Waals surface area contributed by atoms with Gasteiger partial charge >= 0.3 is 0 Å². The smallest absolute Gasteiger partial charge is 0.00255 e. The summed E-state index contributed by atoms with van der Waals surface area (Å²) < 4.78 is 0. The zero-order chi connectivity index (χ0) is 60.6. The normalized spacial score (nSPS) is 11.5. The number of unbranched alkanes of at least 4 members (excludes halogenated alkanes) is 22. The predicted octanol–water partition coefficient (Wildman–Crippen LogP) is 26.1. The summed E-state index contributed by atoms with van der Waals surface area (Å²) in [5.74, 6) is 0. The van der Waals surface area contributed by atoms with Crippen molar-refractivity contribution in [2.75, 3.05) is 0 Å². The van der Waals surface area contributed by atoms with Crippen LogP contribution in [-0.4, -0.2) is 0 Å². The van der Waals surface area contributed by atoms with Gasteiger partial charge in [-0.15, -0.1) is 0 Å². The minimum atomic E-state index is 0.208. The lowest BCUT2D eigenvalue weighted by Gasteiger charge is -2.33. The van der Waals surface area contributed by atoms with Gasteiger partial charge in [-0.2, -0.15) is 0 Å². The molecular weight excluding hydrogens is 1020 g/mol. The van der Waals surface area contributed by atoms with Gasteiger partial charge in [0, 0.05) is 0 Å². The molecule has 7 aromatic carbocycles. The van der Waals surface area contributed by atoms with Crippen LogP contribution in [0.5, 0.6) is 0 Å². The Labute approximate surface area is 524 Å². The zero-order valence-electron chi connectivity index (χ0n) is 56.1. The first-order valence-electron chi connectivity index (χ1n) is 35.2. The maximum absolute atomic E-state index is 2.36. The van der Waals surface area contributed by atoms with Crippen LogP contribution in [0.15, 0.2) is 164 Å². The van der Waals surface area contributed by atoms with E-state index in [4.69, 9.17) is 0 Å². The summed E-state index contributed by atoms with van der Waals surface area (Å²) in [5, 5.41) is 2.63. The molecule has 0 nitrogen and oxygen atoms in total. The third kappa shape index (κ3) is 30.8. The quantitative estimate of drug-likeness (QED) is 0.0339. The Balaban J connectivity index is 0.000000234. The molecule has 0 bridgehead atoms. The Hall–Kier alpha value is -5.20. The molecule has 85 heavy (non-hydrogen) atoms. The van der Waals surface area contributed by atoms with Crippen LogP contribution >= 0.6 is 0 Å². The number of hydrogen-bond donors (Lipinski definition) is 0. The highest BCUT2D eigenvalue weighted by Crippen LogP contribution is 2.36. The lowest BCUT2D eigenvalue weighted by Crippen LogP contribution is -2.24. The average molecular weight is 1140 g/mol. The van der Waals surface area contributed by atoms with Crippen molar-refractivity contribution in [1.82, 2.24) is 0 Å². The van der Waals surface area contributed by atoms with Gasteiger partial charge in [-0.05, 0) is 160 Å². The van der Waals surface area contributed by atoms with Gasteiger partial charge in [0.15, 0.2) is 0 Å². The van der Waals surface area contributed by atoms with Gasteiger partial charge in [0.25, 0.3) is 0 Å². The van der Waals surface area contributed by atoms with Gasteiger partial charge in [0.2, 0.25) is 0 Å². The van der Waals surface area contributed by atoms with Crippen LogP contribution in [0.4, 0.5) is 0 Å². The fraction of sp³-hybridized carbons (Fsp3) is 0.529. The molecule has 0 heteroatoms. The predicted molar refractivity (Wildman–Crippen MR) is 379 cm³/mol. The van der Waals surface area contributed by atoms with Crippen molar-refractivity contribution in [3.8, 4) is 0 Å². The molecule has 0 radical (unpaired) electrons. The molecule has 0 amide bonds. The van der Waals surface area contributed by atoms with Gasteiger partial charge < -0.3 is 0 Å². The Morgan fingerprint density at radius 2 is 0.482 bits per heavy atom. The topological polar surface area (TPSA) is 0 Å². The molecule has 0 fully saturated rings. The van der Waals surface area contributed by atoms with E-state index in [2.05, 4.69) is 226 Å². The molecule has 0 saturated carbocycles. The van der Waals surface area contributed by atoms with Crippen molar-refractivity contribution in [3.05, 3.63) is 225 Å². The van der Waals surface area contributed by atoms with Crippen molar-refractivity contribution in [1.29, 1.82) is 0 Å². The first kappa shape index (κ1) is 70.6. The average Bonchev–Trinajstić information content (AvgIpc) is 3.09. The summed E-state index contributed by atoms with van der Waals surface area (Å²) in [5.41, 5.74) is 16.5. The first-order chi connectivity index (χ1) is 41.4. The van der Waals surface area contributed by atoms with Crippen molar-refractivity contribution < 1.29 is 0 Å². The third-order valence-electron chi connectivity index (χ3n) is 17.6. The van der Waals surface area contributed by atoms with E-state index in [0.29, 0.717) is 5.41 Å². The number of rotatable bonds is 38. The molecule has 0 aliphatic rings. The summed E-state index contributed by atoms with van der Waals surface area (Å²) in [6.07, 6.45) is 45.2. The number of hydrogen-bond acceptors (Lipinski definition) is 0. The van der Waals surface area contributed by atoms with Crippen LogP contribution < -0.4 is 0 Å². The van der Waals surface area contributed by atoms with Crippen LogP contribution in [0.2, 0.25) is 0 Å². The molecular formula is C85H122. The van der Waals surface area contributed by atoms with Crippen molar-refractivity contribution in [3.63, 3.8) is 0 Å². The van der Waals surface area contributed by atoms with Crippen molar-refractivity contribution in [2.45, 2.75) is 286 Å². The van der Waals surface area contributed by atoms with E-state index >= 15 is 0 Å².